The van der Waals surface area contributed by atoms with Crippen LogP contribution in [0.2, 0.25) is 0 Å². The molecule has 2 aromatic rings. The van der Waals surface area contributed by atoms with E-state index in [-0.39, 0.29) is 0 Å². The Morgan fingerprint density at radius 2 is 1.65 bits per heavy atom. The van der Waals surface area contributed by atoms with Crippen molar-refractivity contribution in [3.8, 4) is 0 Å². The van der Waals surface area contributed by atoms with E-state index in [9.17, 15) is 0 Å². The number of rotatable bonds is 6. The minimum Gasteiger partial charge on any atom is -0.257 e. The highest BCUT2D eigenvalue weighted by molar-refractivity contribution is 8.77. The molecule has 0 aromatic carbocycles. The van der Waals surface area contributed by atoms with Gasteiger partial charge in [-0.2, -0.15) is 10.2 Å². The number of H-pyrrole nitrogens is 2. The first kappa shape index (κ1) is 14.0. The molecular weight excluding hydrogens is 353 g/mol. The molecule has 0 unspecified atom stereocenters. The summed E-state index contributed by atoms with van der Waals surface area (Å²) in [4.78, 5) is 0. The van der Waals surface area contributed by atoms with Crippen LogP contribution in [0.1, 0.15) is 0 Å². The van der Waals surface area contributed by atoms with Crippen molar-refractivity contribution in [3.63, 3.8) is 0 Å². The van der Waals surface area contributed by atoms with Crippen molar-refractivity contribution in [3.05, 3.63) is 7.91 Å². The highest BCUT2D eigenvalue weighted by atomic mass is 33.1. The Balaban J connectivity index is 1.64. The smallest absolute Gasteiger partial charge is 0.183 e. The SMILES string of the molecule is S=c1[nH]nc(SCCSSc2n[nH]c(=S)s2)s1. The Kier molecular flexibility index (Phi) is 5.99. The van der Waals surface area contributed by atoms with Crippen LogP contribution in [-0.4, -0.2) is 31.9 Å². The molecule has 0 aliphatic rings. The second kappa shape index (κ2) is 7.26. The lowest BCUT2D eigenvalue weighted by atomic mass is 11.0. The normalized spacial score (nSPS) is 10.8. The molecule has 0 aliphatic heterocycles. The van der Waals surface area contributed by atoms with Gasteiger partial charge in [0.25, 0.3) is 0 Å². The third kappa shape index (κ3) is 5.01. The Labute approximate surface area is 128 Å². The van der Waals surface area contributed by atoms with Crippen LogP contribution in [0.5, 0.6) is 0 Å². The van der Waals surface area contributed by atoms with Crippen molar-refractivity contribution in [1.82, 2.24) is 20.4 Å². The summed E-state index contributed by atoms with van der Waals surface area (Å²) in [5, 5.41) is 13.7. The lowest BCUT2D eigenvalue weighted by molar-refractivity contribution is 1.00. The van der Waals surface area contributed by atoms with E-state index in [2.05, 4.69) is 20.4 Å². The van der Waals surface area contributed by atoms with E-state index in [0.29, 0.717) is 0 Å². The third-order valence-electron chi connectivity index (χ3n) is 1.36. The zero-order chi connectivity index (χ0) is 12.1. The largest absolute Gasteiger partial charge is 0.257 e. The Morgan fingerprint density at radius 3 is 2.24 bits per heavy atom. The first-order chi connectivity index (χ1) is 8.24. The number of nitrogens with one attached hydrogen (secondary N) is 2. The molecule has 0 aliphatic carbocycles. The third-order valence-corrected chi connectivity index (χ3v) is 7.60. The van der Waals surface area contributed by atoms with Gasteiger partial charge >= 0.3 is 0 Å². The summed E-state index contributed by atoms with van der Waals surface area (Å²) < 4.78 is 3.42. The van der Waals surface area contributed by atoms with Crippen LogP contribution >= 0.6 is 80.5 Å². The fourth-order valence-corrected chi connectivity index (χ4v) is 6.64. The van der Waals surface area contributed by atoms with Crippen LogP contribution in [-0.2, 0) is 0 Å². The maximum atomic E-state index is 4.96. The molecule has 17 heavy (non-hydrogen) atoms. The predicted octanol–water partition coefficient (Wildman–Crippen LogP) is 4.25. The van der Waals surface area contributed by atoms with E-state index in [4.69, 9.17) is 24.4 Å². The molecule has 0 spiro atoms. The average molecular weight is 359 g/mol. The molecule has 0 bridgehead atoms. The van der Waals surface area contributed by atoms with Gasteiger partial charge in [0.05, 0.1) is 0 Å². The van der Waals surface area contributed by atoms with E-state index in [1.54, 1.807) is 33.3 Å². The standard InChI is InChI=1S/C6H6N4S7/c11-3-7-9-5(15-3)13-1-2-14-17-6-10-8-4(12)16-6/h1-2H2,(H,7,11)(H,8,12). The minimum atomic E-state index is 0.721. The molecule has 0 atom stereocenters. The summed E-state index contributed by atoms with van der Waals surface area (Å²) in [6, 6.07) is 0. The van der Waals surface area contributed by atoms with E-state index < -0.39 is 0 Å². The fourth-order valence-electron chi connectivity index (χ4n) is 0.785. The monoisotopic (exact) mass is 358 g/mol. The second-order valence-electron chi connectivity index (χ2n) is 2.51. The number of aromatic amines is 2. The van der Waals surface area contributed by atoms with Crippen LogP contribution in [0.25, 0.3) is 0 Å². The summed E-state index contributed by atoms with van der Waals surface area (Å²) >= 11 is 14.6. The molecule has 0 saturated heterocycles. The maximum absolute atomic E-state index is 4.96. The number of hydrogen-bond donors (Lipinski definition) is 2. The summed E-state index contributed by atoms with van der Waals surface area (Å²) in [6.45, 7) is 0. The lowest BCUT2D eigenvalue weighted by Gasteiger charge is -1.95. The van der Waals surface area contributed by atoms with Crippen molar-refractivity contribution in [2.45, 2.75) is 8.68 Å². The predicted molar refractivity (Wildman–Crippen MR) is 83.6 cm³/mol. The van der Waals surface area contributed by atoms with Crippen molar-refractivity contribution in [2.24, 2.45) is 0 Å². The van der Waals surface area contributed by atoms with Crippen LogP contribution in [0, 0.1) is 7.91 Å². The minimum absolute atomic E-state index is 0.721. The Hall–Kier alpha value is 0.610. The number of thioether (sulfide) groups is 1. The van der Waals surface area contributed by atoms with Crippen molar-refractivity contribution in [1.29, 1.82) is 0 Å². The topological polar surface area (TPSA) is 57.4 Å². The van der Waals surface area contributed by atoms with Crippen LogP contribution < -0.4 is 0 Å². The first-order valence-corrected chi connectivity index (χ1v) is 10.0. The second-order valence-corrected chi connectivity index (χ2v) is 9.85. The molecule has 2 rings (SSSR count). The quantitative estimate of drug-likeness (QED) is 0.346. The highest BCUT2D eigenvalue weighted by Gasteiger charge is 2.01. The number of nitrogens with zero attached hydrogens (tertiary/aromatic N) is 2. The van der Waals surface area contributed by atoms with Gasteiger partial charge in [0.15, 0.2) is 16.6 Å². The van der Waals surface area contributed by atoms with Gasteiger partial charge in [-0.15, -0.1) is 0 Å². The molecule has 11 heteroatoms. The molecule has 0 radical (unpaired) electrons. The van der Waals surface area contributed by atoms with Crippen molar-refractivity contribution < 1.29 is 0 Å². The molecule has 0 fully saturated rings. The number of hydrogen-bond acceptors (Lipinski definition) is 9. The van der Waals surface area contributed by atoms with Gasteiger partial charge in [0.2, 0.25) is 0 Å². The van der Waals surface area contributed by atoms with Crippen molar-refractivity contribution in [2.75, 3.05) is 11.5 Å². The van der Waals surface area contributed by atoms with Crippen LogP contribution in [0.3, 0.4) is 0 Å². The summed E-state index contributed by atoms with van der Waals surface area (Å²) in [5.41, 5.74) is 0. The Bertz CT molecular complexity index is 515. The molecule has 92 valence electrons. The van der Waals surface area contributed by atoms with Gasteiger partial charge in [0, 0.05) is 11.5 Å². The average Bonchev–Trinajstić information content (AvgIpc) is 2.88. The van der Waals surface area contributed by atoms with Gasteiger partial charge in [-0.05, 0) is 35.2 Å². The van der Waals surface area contributed by atoms with Crippen LogP contribution in [0.4, 0.5) is 0 Å². The zero-order valence-electron chi connectivity index (χ0n) is 8.17. The van der Waals surface area contributed by atoms with Crippen LogP contribution in [0.15, 0.2) is 8.68 Å². The molecule has 2 N–H and O–H groups in total. The molecular formula is C6H6N4S7. The van der Waals surface area contributed by atoms with E-state index >= 15 is 0 Å². The van der Waals surface area contributed by atoms with Gasteiger partial charge in [-0.3, -0.25) is 10.2 Å². The van der Waals surface area contributed by atoms with Gasteiger partial charge < -0.3 is 0 Å². The summed E-state index contributed by atoms with van der Waals surface area (Å²) in [7, 11) is 3.41. The highest BCUT2D eigenvalue weighted by Crippen LogP contribution is 2.33. The molecule has 0 amide bonds. The van der Waals surface area contributed by atoms with Gasteiger partial charge in [-0.1, -0.05) is 45.2 Å². The number of aromatic nitrogens is 4. The fraction of sp³-hybridized carbons (Fsp3) is 0.333. The van der Waals surface area contributed by atoms with Gasteiger partial charge in [-0.25, -0.2) is 0 Å². The summed E-state index contributed by atoms with van der Waals surface area (Å²) in [5.74, 6) is 2.03. The molecule has 0 saturated carbocycles. The molecule has 2 heterocycles. The van der Waals surface area contributed by atoms with E-state index in [1.807, 2.05) is 0 Å². The molecule has 4 nitrogen and oxygen atoms in total. The van der Waals surface area contributed by atoms with Crippen molar-refractivity contribution >= 4 is 80.5 Å². The maximum Gasteiger partial charge on any atom is 0.183 e. The lowest BCUT2D eigenvalue weighted by Crippen LogP contribution is -1.81. The zero-order valence-corrected chi connectivity index (χ0v) is 13.9. The summed E-state index contributed by atoms with van der Waals surface area (Å²) in [6.07, 6.45) is 0. The Morgan fingerprint density at radius 1 is 1.00 bits per heavy atom. The first-order valence-electron chi connectivity index (χ1n) is 4.27. The van der Waals surface area contributed by atoms with Gasteiger partial charge in [0.1, 0.15) is 0 Å². The molecule has 2 aromatic heterocycles. The van der Waals surface area contributed by atoms with E-state index in [0.717, 1.165) is 28.1 Å². The van der Waals surface area contributed by atoms with E-state index in [1.165, 1.54) is 22.7 Å².